The molecule has 0 unspecified atom stereocenters. The fourth-order valence-electron chi connectivity index (χ4n) is 3.67. The highest BCUT2D eigenvalue weighted by Gasteiger charge is 2.39. The monoisotopic (exact) mass is 355 g/mol. The Hall–Kier alpha value is -2.07. The van der Waals surface area contributed by atoms with Gasteiger partial charge in [-0.15, -0.1) is 0 Å². The summed E-state index contributed by atoms with van der Waals surface area (Å²) in [6.45, 7) is 4.17. The summed E-state index contributed by atoms with van der Waals surface area (Å²) in [6.07, 6.45) is 5.89. The van der Waals surface area contributed by atoms with Gasteiger partial charge in [0.15, 0.2) is 0 Å². The second-order valence-corrected chi connectivity index (χ2v) is 7.21. The number of ether oxygens (including phenoxy) is 2. The molecule has 0 heterocycles. The van der Waals surface area contributed by atoms with Crippen molar-refractivity contribution in [2.75, 3.05) is 12.4 Å². The van der Waals surface area contributed by atoms with E-state index in [1.165, 1.54) is 6.42 Å². The Bertz CT molecular complexity index is 765. The van der Waals surface area contributed by atoms with Gasteiger partial charge in [0.1, 0.15) is 11.4 Å². The van der Waals surface area contributed by atoms with Crippen LogP contribution in [0.4, 0.5) is 5.69 Å². The van der Waals surface area contributed by atoms with E-state index in [9.17, 15) is 4.79 Å². The van der Waals surface area contributed by atoms with E-state index in [2.05, 4.69) is 19.2 Å². The molecule has 1 amide bonds. The van der Waals surface area contributed by atoms with E-state index in [-0.39, 0.29) is 12.0 Å². The molecule has 2 aromatic rings. The van der Waals surface area contributed by atoms with E-state index >= 15 is 0 Å². The Balaban J connectivity index is 1.91. The van der Waals surface area contributed by atoms with Crippen LogP contribution in [0.3, 0.4) is 0 Å². The molecule has 1 atom stereocenters. The second-order valence-electron chi connectivity index (χ2n) is 7.21. The molecule has 26 heavy (non-hydrogen) atoms. The van der Waals surface area contributed by atoms with E-state index < -0.39 is 5.60 Å². The molecule has 0 aromatic heterocycles. The highest BCUT2D eigenvalue weighted by molar-refractivity contribution is 6.06. The van der Waals surface area contributed by atoms with Crippen LogP contribution in [-0.4, -0.2) is 24.7 Å². The average molecular weight is 355 g/mol. The molecule has 0 radical (unpaired) electrons. The van der Waals surface area contributed by atoms with Crippen LogP contribution in [0.5, 0.6) is 5.75 Å². The predicted molar refractivity (Wildman–Crippen MR) is 106 cm³/mol. The van der Waals surface area contributed by atoms with Crippen LogP contribution >= 0.6 is 0 Å². The molecule has 0 aliphatic heterocycles. The number of hydrogen-bond acceptors (Lipinski definition) is 3. The van der Waals surface area contributed by atoms with E-state index in [0.717, 1.165) is 54.3 Å². The maximum Gasteiger partial charge on any atom is 0.256 e. The summed E-state index contributed by atoms with van der Waals surface area (Å²) in [4.78, 5) is 13.0. The molecule has 2 aromatic carbocycles. The van der Waals surface area contributed by atoms with E-state index in [1.54, 1.807) is 7.11 Å². The molecule has 4 nitrogen and oxygen atoms in total. The van der Waals surface area contributed by atoms with E-state index in [0.29, 0.717) is 0 Å². The highest BCUT2D eigenvalue weighted by atomic mass is 16.5. The number of methoxy groups -OCH3 is 1. The molecule has 0 saturated heterocycles. The summed E-state index contributed by atoms with van der Waals surface area (Å²) in [5.41, 5.74) is 0.106. The summed E-state index contributed by atoms with van der Waals surface area (Å²) < 4.78 is 11.7. The second kappa shape index (κ2) is 8.09. The molecular weight excluding hydrogens is 326 g/mol. The average Bonchev–Trinajstić information content (AvgIpc) is 2.70. The first kappa shape index (κ1) is 18.7. The molecule has 140 valence electrons. The standard InChI is InChI=1S/C22H29NO3/c1-4-16(2)26-20-13-12-19(17-10-6-7-11-18(17)20)23-21(24)22(25-3)14-8-5-9-15-22/h6-7,10-13,16H,4-5,8-9,14-15H2,1-3H3,(H,23,24)/t16-/m0/s1. The fraction of sp³-hybridized carbons (Fsp3) is 0.500. The van der Waals surface area contributed by atoms with Gasteiger partial charge >= 0.3 is 0 Å². The van der Waals surface area contributed by atoms with Crippen LogP contribution in [0.25, 0.3) is 10.8 Å². The SMILES string of the molecule is CC[C@H](C)Oc1ccc(NC(=O)C2(OC)CCCCC2)c2ccccc12. The Morgan fingerprint density at radius 2 is 1.81 bits per heavy atom. The Morgan fingerprint density at radius 1 is 1.12 bits per heavy atom. The number of carbonyl (C=O) groups excluding carboxylic acids is 1. The van der Waals surface area contributed by atoms with Gasteiger partial charge in [0, 0.05) is 23.6 Å². The van der Waals surface area contributed by atoms with Gasteiger partial charge in [0.25, 0.3) is 5.91 Å². The number of rotatable bonds is 6. The lowest BCUT2D eigenvalue weighted by atomic mass is 9.83. The first-order valence-corrected chi connectivity index (χ1v) is 9.64. The zero-order valence-electron chi connectivity index (χ0n) is 16.0. The topological polar surface area (TPSA) is 47.6 Å². The summed E-state index contributed by atoms with van der Waals surface area (Å²) in [5, 5.41) is 5.13. The fourth-order valence-corrected chi connectivity index (χ4v) is 3.67. The molecule has 1 fully saturated rings. The molecule has 1 aliphatic carbocycles. The van der Waals surface area contributed by atoms with Crippen molar-refractivity contribution in [1.82, 2.24) is 0 Å². The normalized spacial score (nSPS) is 17.7. The lowest BCUT2D eigenvalue weighted by Crippen LogP contribution is -2.46. The van der Waals surface area contributed by atoms with Crippen molar-refractivity contribution in [3.8, 4) is 5.75 Å². The summed E-state index contributed by atoms with van der Waals surface area (Å²) >= 11 is 0. The maximum absolute atomic E-state index is 13.0. The summed E-state index contributed by atoms with van der Waals surface area (Å²) in [7, 11) is 1.64. The minimum absolute atomic E-state index is 0.0413. The number of fused-ring (bicyclic) bond motifs is 1. The molecule has 1 N–H and O–H groups in total. The van der Waals surface area contributed by atoms with Gasteiger partial charge in [0.2, 0.25) is 0 Å². The molecule has 0 bridgehead atoms. The van der Waals surface area contributed by atoms with Crippen LogP contribution in [0.2, 0.25) is 0 Å². The van der Waals surface area contributed by atoms with Crippen LogP contribution in [0, 0.1) is 0 Å². The van der Waals surface area contributed by atoms with Crippen LogP contribution in [0.1, 0.15) is 52.4 Å². The van der Waals surface area contributed by atoms with Gasteiger partial charge in [-0.05, 0) is 38.3 Å². The molecule has 1 aliphatic rings. The van der Waals surface area contributed by atoms with Crippen molar-refractivity contribution in [2.24, 2.45) is 0 Å². The third-order valence-corrected chi connectivity index (χ3v) is 5.50. The van der Waals surface area contributed by atoms with Gasteiger partial charge in [-0.1, -0.05) is 50.5 Å². The minimum Gasteiger partial charge on any atom is -0.490 e. The van der Waals surface area contributed by atoms with Crippen LogP contribution < -0.4 is 10.1 Å². The van der Waals surface area contributed by atoms with Crippen molar-refractivity contribution in [3.63, 3.8) is 0 Å². The van der Waals surface area contributed by atoms with Gasteiger partial charge in [-0.3, -0.25) is 4.79 Å². The maximum atomic E-state index is 13.0. The first-order chi connectivity index (χ1) is 12.6. The molecule has 4 heteroatoms. The van der Waals surface area contributed by atoms with Gasteiger partial charge < -0.3 is 14.8 Å². The predicted octanol–water partition coefficient (Wildman–Crippen LogP) is 5.30. The van der Waals surface area contributed by atoms with Gasteiger partial charge in [0.05, 0.1) is 6.10 Å². The number of benzene rings is 2. The van der Waals surface area contributed by atoms with Gasteiger partial charge in [-0.25, -0.2) is 0 Å². The van der Waals surface area contributed by atoms with E-state index in [1.807, 2.05) is 36.4 Å². The van der Waals surface area contributed by atoms with Gasteiger partial charge in [-0.2, -0.15) is 0 Å². The lowest BCUT2D eigenvalue weighted by Gasteiger charge is -2.34. The molecule has 3 rings (SSSR count). The quantitative estimate of drug-likeness (QED) is 0.764. The van der Waals surface area contributed by atoms with Crippen molar-refractivity contribution >= 4 is 22.4 Å². The zero-order chi connectivity index (χ0) is 18.6. The number of amides is 1. The molecule has 1 saturated carbocycles. The summed E-state index contributed by atoms with van der Waals surface area (Å²) in [6, 6.07) is 11.9. The highest BCUT2D eigenvalue weighted by Crippen LogP contribution is 2.35. The van der Waals surface area contributed by atoms with Crippen molar-refractivity contribution in [2.45, 2.75) is 64.1 Å². The zero-order valence-corrected chi connectivity index (χ0v) is 16.0. The third kappa shape index (κ3) is 3.70. The largest absolute Gasteiger partial charge is 0.490 e. The number of anilines is 1. The van der Waals surface area contributed by atoms with E-state index in [4.69, 9.17) is 9.47 Å². The van der Waals surface area contributed by atoms with Crippen LogP contribution in [-0.2, 0) is 9.53 Å². The third-order valence-electron chi connectivity index (χ3n) is 5.50. The van der Waals surface area contributed by atoms with Crippen molar-refractivity contribution < 1.29 is 14.3 Å². The number of carbonyl (C=O) groups is 1. The van der Waals surface area contributed by atoms with Crippen molar-refractivity contribution in [1.29, 1.82) is 0 Å². The minimum atomic E-state index is -0.703. The Morgan fingerprint density at radius 3 is 2.46 bits per heavy atom. The van der Waals surface area contributed by atoms with Crippen molar-refractivity contribution in [3.05, 3.63) is 36.4 Å². The lowest BCUT2D eigenvalue weighted by molar-refractivity contribution is -0.141. The number of hydrogen-bond donors (Lipinski definition) is 1. The Kier molecular flexibility index (Phi) is 5.82. The summed E-state index contributed by atoms with van der Waals surface area (Å²) in [5.74, 6) is 0.813. The molecule has 0 spiro atoms. The Labute approximate surface area is 155 Å². The first-order valence-electron chi connectivity index (χ1n) is 9.64. The number of nitrogens with one attached hydrogen (secondary N) is 1. The smallest absolute Gasteiger partial charge is 0.256 e. The molecular formula is C22H29NO3. The van der Waals surface area contributed by atoms with Crippen LogP contribution in [0.15, 0.2) is 36.4 Å².